The molecule has 0 aromatic rings. The van der Waals surface area contributed by atoms with Crippen molar-refractivity contribution in [1.82, 2.24) is 5.32 Å². The number of carboxylic acids is 1. The van der Waals surface area contributed by atoms with Crippen LogP contribution in [0, 0.1) is 29.6 Å². The van der Waals surface area contributed by atoms with Crippen molar-refractivity contribution >= 4 is 11.9 Å². The van der Waals surface area contributed by atoms with Crippen LogP contribution in [0.3, 0.4) is 0 Å². The first-order chi connectivity index (χ1) is 10.5. The van der Waals surface area contributed by atoms with Gasteiger partial charge < -0.3 is 25.1 Å². The maximum atomic E-state index is 12.6. The van der Waals surface area contributed by atoms with Crippen LogP contribution in [0.2, 0.25) is 0 Å². The number of aliphatic hydroxyl groups excluding tert-OH is 1. The Morgan fingerprint density at radius 3 is 2.61 bits per heavy atom. The third kappa shape index (κ3) is 2.96. The molecule has 0 unspecified atom stereocenters. The molecule has 6 nitrogen and oxygen atoms in total. The van der Waals surface area contributed by atoms with Crippen LogP contribution < -0.4 is 61.8 Å². The van der Waals surface area contributed by atoms with Crippen molar-refractivity contribution in [2.75, 3.05) is 6.61 Å². The van der Waals surface area contributed by atoms with Gasteiger partial charge >= 0.3 is 51.4 Å². The Balaban J connectivity index is 0.00000156. The molecule has 23 heavy (non-hydrogen) atoms. The van der Waals surface area contributed by atoms with E-state index < -0.39 is 29.5 Å². The van der Waals surface area contributed by atoms with Gasteiger partial charge in [0, 0.05) is 17.9 Å². The average molecular weight is 347 g/mol. The Kier molecular flexibility index (Phi) is 5.04. The van der Waals surface area contributed by atoms with E-state index in [1.54, 1.807) is 0 Å². The topological polar surface area (TPSA) is 98.7 Å². The Morgan fingerprint density at radius 1 is 1.35 bits per heavy atom. The average Bonchev–Trinajstić information content (AvgIpc) is 3.31. The van der Waals surface area contributed by atoms with Crippen LogP contribution in [-0.4, -0.2) is 41.3 Å². The molecular formula is C16H22KNO5. The zero-order valence-electron chi connectivity index (χ0n) is 13.7. The van der Waals surface area contributed by atoms with Crippen molar-refractivity contribution in [3.05, 3.63) is 0 Å². The van der Waals surface area contributed by atoms with Crippen molar-refractivity contribution in [2.24, 2.45) is 29.6 Å². The largest absolute Gasteiger partial charge is 1.00 e. The zero-order valence-corrected chi connectivity index (χ0v) is 16.8. The molecule has 4 rings (SSSR count). The maximum Gasteiger partial charge on any atom is 1.00 e. The van der Waals surface area contributed by atoms with Gasteiger partial charge in [-0.15, -0.1) is 0 Å². The van der Waals surface area contributed by atoms with E-state index in [1.807, 2.05) is 0 Å². The minimum absolute atomic E-state index is 0. The number of carboxylic acid groups (broad SMARTS) is 1. The summed E-state index contributed by atoms with van der Waals surface area (Å²) in [5.74, 6) is -1.27. The Hall–Kier alpha value is 0.496. The van der Waals surface area contributed by atoms with Gasteiger partial charge in [-0.2, -0.15) is 0 Å². The summed E-state index contributed by atoms with van der Waals surface area (Å²) in [6.45, 7) is 1.85. The first kappa shape index (κ1) is 18.3. The third-order valence-corrected chi connectivity index (χ3v) is 6.28. The second-order valence-corrected chi connectivity index (χ2v) is 7.63. The number of hydrogen-bond donors (Lipinski definition) is 2. The van der Waals surface area contributed by atoms with Crippen molar-refractivity contribution < 1.29 is 75.9 Å². The number of amides is 1. The molecule has 0 aromatic carbocycles. The number of hydrogen-bond acceptors (Lipinski definition) is 5. The number of fused-ring (bicyclic) bond motifs is 2. The molecule has 2 saturated heterocycles. The van der Waals surface area contributed by atoms with Crippen molar-refractivity contribution in [3.63, 3.8) is 0 Å². The number of aliphatic hydroxyl groups is 1. The molecule has 0 spiro atoms. The molecule has 2 bridgehead atoms. The summed E-state index contributed by atoms with van der Waals surface area (Å²) < 4.78 is 5.69. The van der Waals surface area contributed by atoms with E-state index >= 15 is 0 Å². The SMILES string of the molecule is C[C@@H]1C[C@H]1[C@@H]1C[C@H]1NC(=O)[C@H]1[C@@H]2CC[C@@](CO)(O2)[C@H]1C(=O)[O-].[K+]. The first-order valence-corrected chi connectivity index (χ1v) is 8.27. The third-order valence-electron chi connectivity index (χ3n) is 6.28. The fraction of sp³-hybridized carbons (Fsp3) is 0.875. The molecule has 7 heteroatoms. The van der Waals surface area contributed by atoms with Gasteiger partial charge in [-0.1, -0.05) is 6.92 Å². The minimum atomic E-state index is -1.29. The molecule has 0 aromatic heterocycles. The van der Waals surface area contributed by atoms with Gasteiger partial charge in [0.25, 0.3) is 0 Å². The Morgan fingerprint density at radius 2 is 2.04 bits per heavy atom. The molecule has 4 aliphatic rings. The monoisotopic (exact) mass is 347 g/mol. The molecule has 2 heterocycles. The van der Waals surface area contributed by atoms with E-state index in [-0.39, 0.29) is 69.9 Å². The number of rotatable bonds is 5. The van der Waals surface area contributed by atoms with Crippen LogP contribution >= 0.6 is 0 Å². The molecule has 4 fully saturated rings. The Labute approximate surface area is 178 Å². The van der Waals surface area contributed by atoms with Crippen LogP contribution in [0.15, 0.2) is 0 Å². The number of nitrogens with one attached hydrogen (secondary N) is 1. The molecule has 2 N–H and O–H groups in total. The molecule has 2 saturated carbocycles. The second kappa shape index (κ2) is 6.34. The molecule has 8 atom stereocenters. The van der Waals surface area contributed by atoms with Crippen LogP contribution in [-0.2, 0) is 14.3 Å². The Bertz CT molecular complexity index is 529. The summed E-state index contributed by atoms with van der Waals surface area (Å²) in [4.78, 5) is 24.1. The van der Waals surface area contributed by atoms with E-state index in [1.165, 1.54) is 6.42 Å². The number of carbonyl (C=O) groups excluding carboxylic acids is 2. The van der Waals surface area contributed by atoms with Crippen molar-refractivity contribution in [3.8, 4) is 0 Å². The fourth-order valence-corrected chi connectivity index (χ4v) is 4.81. The summed E-state index contributed by atoms with van der Waals surface area (Å²) in [6.07, 6.45) is 2.92. The summed E-state index contributed by atoms with van der Waals surface area (Å²) in [5.41, 5.74) is -1.13. The molecule has 122 valence electrons. The molecular weight excluding hydrogens is 325 g/mol. The van der Waals surface area contributed by atoms with E-state index in [0.717, 1.165) is 18.3 Å². The first-order valence-electron chi connectivity index (χ1n) is 8.27. The summed E-state index contributed by atoms with van der Waals surface area (Å²) >= 11 is 0. The van der Waals surface area contributed by atoms with Gasteiger partial charge in [-0.05, 0) is 43.4 Å². The summed E-state index contributed by atoms with van der Waals surface area (Å²) in [5, 5.41) is 24.1. The normalized spacial score (nSPS) is 49.4. The van der Waals surface area contributed by atoms with Gasteiger partial charge in [0.15, 0.2) is 0 Å². The van der Waals surface area contributed by atoms with Crippen LogP contribution in [0.5, 0.6) is 0 Å². The molecule has 1 amide bonds. The van der Waals surface area contributed by atoms with Gasteiger partial charge in [-0.25, -0.2) is 0 Å². The van der Waals surface area contributed by atoms with Crippen LogP contribution in [0.25, 0.3) is 0 Å². The van der Waals surface area contributed by atoms with E-state index in [4.69, 9.17) is 4.74 Å². The van der Waals surface area contributed by atoms with Crippen LogP contribution in [0.1, 0.15) is 32.6 Å². The van der Waals surface area contributed by atoms with E-state index in [9.17, 15) is 19.8 Å². The van der Waals surface area contributed by atoms with Crippen LogP contribution in [0.4, 0.5) is 0 Å². The molecule has 2 aliphatic heterocycles. The number of carbonyl (C=O) groups is 2. The predicted octanol–water partition coefficient (Wildman–Crippen LogP) is -3.94. The smallest absolute Gasteiger partial charge is 0.550 e. The fourth-order valence-electron chi connectivity index (χ4n) is 4.81. The summed E-state index contributed by atoms with van der Waals surface area (Å²) in [6, 6.07) is 0.189. The quantitative estimate of drug-likeness (QED) is 0.495. The van der Waals surface area contributed by atoms with Gasteiger partial charge in [0.2, 0.25) is 5.91 Å². The molecule has 0 radical (unpaired) electrons. The second-order valence-electron chi connectivity index (χ2n) is 7.63. The zero-order chi connectivity index (χ0) is 15.6. The van der Waals surface area contributed by atoms with Gasteiger partial charge in [-0.3, -0.25) is 4.79 Å². The van der Waals surface area contributed by atoms with E-state index in [0.29, 0.717) is 18.8 Å². The predicted molar refractivity (Wildman–Crippen MR) is 73.2 cm³/mol. The maximum absolute atomic E-state index is 12.6. The summed E-state index contributed by atoms with van der Waals surface area (Å²) in [7, 11) is 0. The van der Waals surface area contributed by atoms with Crippen molar-refractivity contribution in [2.45, 2.75) is 50.4 Å². The number of ether oxygens (including phenoxy) is 1. The van der Waals surface area contributed by atoms with Gasteiger partial charge in [0.05, 0.1) is 18.6 Å². The van der Waals surface area contributed by atoms with Gasteiger partial charge in [0.1, 0.15) is 5.60 Å². The minimum Gasteiger partial charge on any atom is -0.550 e. The molecule has 2 aliphatic carbocycles. The van der Waals surface area contributed by atoms with Crippen molar-refractivity contribution in [1.29, 1.82) is 0 Å². The number of aliphatic carboxylic acids is 1. The standard InChI is InChI=1S/C16H23NO5.K/c1-7-4-8(7)9-5-10(9)17-14(19)12-11-2-3-16(6-18,22-11)13(12)15(20)21;/h7-13,18H,2-6H2,1H3,(H,17,19)(H,20,21);/q;+1/p-1/t7-,8-,9+,10-,11+,12+,13-,16+;/m1./s1. The van der Waals surface area contributed by atoms with E-state index in [2.05, 4.69) is 12.2 Å².